The molecule has 0 aliphatic carbocycles. The Hall–Kier alpha value is -1.40. The summed E-state index contributed by atoms with van der Waals surface area (Å²) in [6, 6.07) is 0. The van der Waals surface area contributed by atoms with Crippen molar-refractivity contribution in [3.63, 3.8) is 0 Å². The van der Waals surface area contributed by atoms with E-state index in [9.17, 15) is 5.11 Å². The SMILES string of the molecule is CCc1nc(NC)c(C)c(NCC2(O)CCOC2C)n1. The Balaban J connectivity index is 2.16. The highest BCUT2D eigenvalue weighted by atomic mass is 16.5. The molecule has 3 N–H and O–H groups in total. The monoisotopic (exact) mass is 280 g/mol. The Bertz CT molecular complexity index is 480. The molecule has 1 aliphatic heterocycles. The second kappa shape index (κ2) is 5.93. The van der Waals surface area contributed by atoms with Gasteiger partial charge in [0.2, 0.25) is 0 Å². The van der Waals surface area contributed by atoms with Crippen LogP contribution in [0.3, 0.4) is 0 Å². The molecule has 2 rings (SSSR count). The van der Waals surface area contributed by atoms with Gasteiger partial charge in [-0.1, -0.05) is 6.92 Å². The summed E-state index contributed by atoms with van der Waals surface area (Å²) in [5, 5.41) is 16.9. The number of hydrogen-bond donors (Lipinski definition) is 3. The van der Waals surface area contributed by atoms with E-state index in [0.29, 0.717) is 19.6 Å². The predicted octanol–water partition coefficient (Wildman–Crippen LogP) is 1.34. The van der Waals surface area contributed by atoms with Crippen molar-refractivity contribution in [1.29, 1.82) is 0 Å². The molecule has 6 heteroatoms. The number of aromatic nitrogens is 2. The predicted molar refractivity (Wildman–Crippen MR) is 79.2 cm³/mol. The zero-order valence-corrected chi connectivity index (χ0v) is 12.7. The van der Waals surface area contributed by atoms with Crippen LogP contribution in [0.25, 0.3) is 0 Å². The van der Waals surface area contributed by atoms with E-state index in [1.807, 2.05) is 27.8 Å². The normalized spacial score (nSPS) is 25.8. The first-order chi connectivity index (χ1) is 9.50. The molecule has 2 heterocycles. The molecule has 20 heavy (non-hydrogen) atoms. The van der Waals surface area contributed by atoms with Crippen molar-refractivity contribution in [1.82, 2.24) is 9.97 Å². The van der Waals surface area contributed by atoms with Gasteiger partial charge in [-0.25, -0.2) is 9.97 Å². The lowest BCUT2D eigenvalue weighted by Crippen LogP contribution is -2.43. The Morgan fingerprint density at radius 3 is 2.65 bits per heavy atom. The first-order valence-electron chi connectivity index (χ1n) is 7.13. The number of ether oxygens (including phenoxy) is 1. The number of aryl methyl sites for hydroxylation is 1. The van der Waals surface area contributed by atoms with Gasteiger partial charge in [-0.15, -0.1) is 0 Å². The van der Waals surface area contributed by atoms with Crippen molar-refractivity contribution in [2.75, 3.05) is 30.8 Å². The molecule has 1 saturated heterocycles. The van der Waals surface area contributed by atoms with Crippen LogP contribution in [0.5, 0.6) is 0 Å². The van der Waals surface area contributed by atoms with Gasteiger partial charge in [-0.3, -0.25) is 0 Å². The van der Waals surface area contributed by atoms with E-state index in [4.69, 9.17) is 4.74 Å². The van der Waals surface area contributed by atoms with Crippen LogP contribution >= 0.6 is 0 Å². The molecule has 0 bridgehead atoms. The van der Waals surface area contributed by atoms with E-state index in [0.717, 1.165) is 29.4 Å². The number of rotatable bonds is 5. The number of nitrogens with zero attached hydrogens (tertiary/aromatic N) is 2. The van der Waals surface area contributed by atoms with E-state index in [1.54, 1.807) is 0 Å². The zero-order valence-electron chi connectivity index (χ0n) is 12.7. The number of nitrogens with one attached hydrogen (secondary N) is 2. The van der Waals surface area contributed by atoms with Crippen LogP contribution in [-0.4, -0.2) is 47.0 Å². The van der Waals surface area contributed by atoms with Gasteiger partial charge in [0, 0.05) is 38.6 Å². The van der Waals surface area contributed by atoms with Crippen LogP contribution in [0.15, 0.2) is 0 Å². The fourth-order valence-corrected chi connectivity index (χ4v) is 2.38. The highest BCUT2D eigenvalue weighted by Gasteiger charge is 2.39. The summed E-state index contributed by atoms with van der Waals surface area (Å²) in [6.07, 6.45) is 1.25. The van der Waals surface area contributed by atoms with Gasteiger partial charge in [0.25, 0.3) is 0 Å². The van der Waals surface area contributed by atoms with E-state index < -0.39 is 5.60 Å². The molecule has 1 aromatic rings. The Morgan fingerprint density at radius 2 is 2.10 bits per heavy atom. The molecule has 1 aromatic heterocycles. The summed E-state index contributed by atoms with van der Waals surface area (Å²) in [5.41, 5.74) is 0.128. The topological polar surface area (TPSA) is 79.3 Å². The highest BCUT2D eigenvalue weighted by Crippen LogP contribution is 2.27. The maximum atomic E-state index is 10.5. The van der Waals surface area contributed by atoms with E-state index in [1.165, 1.54) is 0 Å². The number of hydrogen-bond acceptors (Lipinski definition) is 6. The first-order valence-corrected chi connectivity index (χ1v) is 7.13. The summed E-state index contributed by atoms with van der Waals surface area (Å²) in [7, 11) is 1.85. The molecule has 2 unspecified atom stereocenters. The molecular weight excluding hydrogens is 256 g/mol. The molecule has 0 amide bonds. The van der Waals surface area contributed by atoms with Crippen molar-refractivity contribution in [3.05, 3.63) is 11.4 Å². The minimum Gasteiger partial charge on any atom is -0.385 e. The third kappa shape index (κ3) is 2.86. The molecule has 2 atom stereocenters. The quantitative estimate of drug-likeness (QED) is 0.755. The van der Waals surface area contributed by atoms with Gasteiger partial charge < -0.3 is 20.5 Å². The third-order valence-corrected chi connectivity index (χ3v) is 3.97. The lowest BCUT2D eigenvalue weighted by Gasteiger charge is -2.27. The average molecular weight is 280 g/mol. The third-order valence-electron chi connectivity index (χ3n) is 3.97. The van der Waals surface area contributed by atoms with Crippen molar-refractivity contribution in [2.24, 2.45) is 0 Å². The van der Waals surface area contributed by atoms with E-state index >= 15 is 0 Å². The fraction of sp³-hybridized carbons (Fsp3) is 0.714. The average Bonchev–Trinajstić information content (AvgIpc) is 2.78. The van der Waals surface area contributed by atoms with Crippen molar-refractivity contribution < 1.29 is 9.84 Å². The van der Waals surface area contributed by atoms with Crippen LogP contribution in [0.4, 0.5) is 11.6 Å². The van der Waals surface area contributed by atoms with Gasteiger partial charge in [-0.05, 0) is 13.8 Å². The standard InChI is InChI=1S/C14H24N4O2/c1-5-11-17-12(15-4)9(2)13(18-11)16-8-14(19)6-7-20-10(14)3/h10,19H,5-8H2,1-4H3,(H2,15,16,17,18). The minimum atomic E-state index is -0.830. The smallest absolute Gasteiger partial charge is 0.134 e. The number of aliphatic hydroxyl groups is 1. The summed E-state index contributed by atoms with van der Waals surface area (Å²) in [6.45, 7) is 6.92. The van der Waals surface area contributed by atoms with Crippen LogP contribution in [0, 0.1) is 6.92 Å². The maximum absolute atomic E-state index is 10.5. The van der Waals surface area contributed by atoms with Gasteiger partial charge >= 0.3 is 0 Å². The molecule has 1 fully saturated rings. The molecule has 0 aromatic carbocycles. The van der Waals surface area contributed by atoms with Crippen molar-refractivity contribution >= 4 is 11.6 Å². The van der Waals surface area contributed by atoms with Crippen molar-refractivity contribution in [3.8, 4) is 0 Å². The van der Waals surface area contributed by atoms with E-state index in [-0.39, 0.29) is 6.10 Å². The molecule has 112 valence electrons. The molecule has 0 spiro atoms. The molecular formula is C14H24N4O2. The van der Waals surface area contributed by atoms with Crippen LogP contribution in [0.1, 0.15) is 31.7 Å². The molecule has 0 saturated carbocycles. The lowest BCUT2D eigenvalue weighted by molar-refractivity contribution is -0.0176. The minimum absolute atomic E-state index is 0.161. The summed E-state index contributed by atoms with van der Waals surface area (Å²) < 4.78 is 5.44. The van der Waals surface area contributed by atoms with Crippen LogP contribution in [-0.2, 0) is 11.2 Å². The van der Waals surface area contributed by atoms with Crippen molar-refractivity contribution in [2.45, 2.75) is 45.3 Å². The lowest BCUT2D eigenvalue weighted by atomic mass is 9.97. The summed E-state index contributed by atoms with van der Waals surface area (Å²) in [4.78, 5) is 8.93. The second-order valence-corrected chi connectivity index (χ2v) is 5.29. The molecule has 1 aliphatic rings. The van der Waals surface area contributed by atoms with Gasteiger partial charge in [0.05, 0.1) is 6.10 Å². The Kier molecular flexibility index (Phi) is 4.45. The first kappa shape index (κ1) is 15.0. The van der Waals surface area contributed by atoms with Gasteiger partial charge in [-0.2, -0.15) is 0 Å². The summed E-state index contributed by atoms with van der Waals surface area (Å²) >= 11 is 0. The number of anilines is 2. The van der Waals surface area contributed by atoms with Gasteiger partial charge in [0.15, 0.2) is 0 Å². The van der Waals surface area contributed by atoms with Gasteiger partial charge in [0.1, 0.15) is 23.1 Å². The summed E-state index contributed by atoms with van der Waals surface area (Å²) in [5.74, 6) is 2.38. The Morgan fingerprint density at radius 1 is 1.40 bits per heavy atom. The second-order valence-electron chi connectivity index (χ2n) is 5.29. The van der Waals surface area contributed by atoms with Crippen LogP contribution in [0.2, 0.25) is 0 Å². The van der Waals surface area contributed by atoms with Crippen LogP contribution < -0.4 is 10.6 Å². The fourth-order valence-electron chi connectivity index (χ4n) is 2.38. The largest absolute Gasteiger partial charge is 0.385 e. The Labute approximate surface area is 120 Å². The zero-order chi connectivity index (χ0) is 14.8. The molecule has 0 radical (unpaired) electrons. The maximum Gasteiger partial charge on any atom is 0.134 e. The highest BCUT2D eigenvalue weighted by molar-refractivity contribution is 5.57. The van der Waals surface area contributed by atoms with E-state index in [2.05, 4.69) is 20.6 Å². The molecule has 6 nitrogen and oxygen atoms in total.